The molecule has 0 N–H and O–H groups in total. The molecule has 21 heavy (non-hydrogen) atoms. The molecule has 0 aromatic heterocycles. The molecule has 3 heteroatoms. The number of benzene rings is 1. The summed E-state index contributed by atoms with van der Waals surface area (Å²) in [6.07, 6.45) is 9.65. The van der Waals surface area contributed by atoms with Crippen molar-refractivity contribution in [2.24, 2.45) is 5.92 Å². The number of hydrogen-bond donors (Lipinski definition) is 0. The highest BCUT2D eigenvalue weighted by molar-refractivity contribution is 5.33. The monoisotopic (exact) mass is 292 g/mol. The Labute approximate surface area is 125 Å². The summed E-state index contributed by atoms with van der Waals surface area (Å²) in [4.78, 5) is 0. The molecule has 0 spiro atoms. The van der Waals surface area contributed by atoms with Gasteiger partial charge in [0.2, 0.25) is 5.82 Å². The minimum absolute atomic E-state index is 0.0428. The summed E-state index contributed by atoms with van der Waals surface area (Å²) < 4.78 is 33.3. The highest BCUT2D eigenvalue weighted by Gasteiger charge is 2.25. The van der Waals surface area contributed by atoms with Crippen molar-refractivity contribution in [3.63, 3.8) is 0 Å². The topological polar surface area (TPSA) is 9.23 Å². The van der Waals surface area contributed by atoms with Gasteiger partial charge in [-0.2, -0.15) is 4.39 Å². The molecule has 2 rings (SSSR count). The first kappa shape index (κ1) is 15.7. The Bertz CT molecular complexity index is 514. The summed E-state index contributed by atoms with van der Waals surface area (Å²) in [5, 5.41) is 0. The number of allylic oxidation sites excluding steroid dienone is 2. The van der Waals surface area contributed by atoms with E-state index in [4.69, 9.17) is 4.74 Å². The van der Waals surface area contributed by atoms with E-state index in [-0.39, 0.29) is 18.3 Å². The molecule has 1 aromatic carbocycles. The Morgan fingerprint density at radius 3 is 2.52 bits per heavy atom. The lowest BCUT2D eigenvalue weighted by molar-refractivity contribution is 0.326. The van der Waals surface area contributed by atoms with E-state index in [1.807, 2.05) is 6.92 Å². The van der Waals surface area contributed by atoms with Crippen LogP contribution < -0.4 is 4.74 Å². The largest absolute Gasteiger partial charge is 0.486 e. The van der Waals surface area contributed by atoms with E-state index in [0.29, 0.717) is 11.5 Å². The maximum atomic E-state index is 14.2. The van der Waals surface area contributed by atoms with Crippen LogP contribution in [0.1, 0.15) is 44.1 Å². The lowest BCUT2D eigenvalue weighted by Gasteiger charge is -2.27. The second-order valence-corrected chi connectivity index (χ2v) is 5.52. The van der Waals surface area contributed by atoms with Gasteiger partial charge in [0.15, 0.2) is 11.6 Å². The summed E-state index contributed by atoms with van der Waals surface area (Å²) in [5.74, 6) is -1.00. The molecule has 0 radical (unpaired) electrons. The van der Waals surface area contributed by atoms with Crippen molar-refractivity contribution in [2.45, 2.75) is 38.5 Å². The minimum atomic E-state index is -0.884. The van der Waals surface area contributed by atoms with Gasteiger partial charge in [0, 0.05) is 0 Å². The molecular weight excluding hydrogens is 270 g/mol. The molecule has 1 fully saturated rings. The summed E-state index contributed by atoms with van der Waals surface area (Å²) in [6.45, 7) is 5.68. The van der Waals surface area contributed by atoms with Crippen LogP contribution in [0, 0.1) is 17.6 Å². The van der Waals surface area contributed by atoms with E-state index in [1.165, 1.54) is 12.1 Å². The fourth-order valence-electron chi connectivity index (χ4n) is 3.02. The molecule has 0 unspecified atom stereocenters. The first-order valence-corrected chi connectivity index (χ1v) is 7.51. The van der Waals surface area contributed by atoms with Gasteiger partial charge in [-0.3, -0.25) is 0 Å². The molecule has 0 bridgehead atoms. The van der Waals surface area contributed by atoms with E-state index >= 15 is 0 Å². The van der Waals surface area contributed by atoms with Gasteiger partial charge in [0.25, 0.3) is 0 Å². The molecule has 0 aliphatic heterocycles. The summed E-state index contributed by atoms with van der Waals surface area (Å²) in [6, 6.07) is 3.19. The van der Waals surface area contributed by atoms with E-state index < -0.39 is 11.6 Å². The molecule has 0 atom stereocenters. The second kappa shape index (κ2) is 7.39. The maximum absolute atomic E-state index is 14.2. The normalized spacial score (nSPS) is 22.4. The van der Waals surface area contributed by atoms with Gasteiger partial charge in [-0.05, 0) is 56.1 Å². The maximum Gasteiger partial charge on any atom is 0.200 e. The predicted molar refractivity (Wildman–Crippen MR) is 81.6 cm³/mol. The average molecular weight is 292 g/mol. The molecule has 1 saturated carbocycles. The molecule has 1 nitrogen and oxygen atoms in total. The molecular formula is C18H22F2O. The molecule has 0 heterocycles. The third-order valence-electron chi connectivity index (χ3n) is 4.11. The highest BCUT2D eigenvalue weighted by atomic mass is 19.2. The number of hydrogen-bond acceptors (Lipinski definition) is 1. The van der Waals surface area contributed by atoms with Gasteiger partial charge in [0.05, 0.1) is 0 Å². The van der Waals surface area contributed by atoms with Crippen molar-refractivity contribution in [1.82, 2.24) is 0 Å². The average Bonchev–Trinajstić information content (AvgIpc) is 2.50. The van der Waals surface area contributed by atoms with Crippen LogP contribution in [0.25, 0.3) is 0 Å². The molecule has 0 amide bonds. The van der Waals surface area contributed by atoms with Crippen LogP contribution in [0.15, 0.2) is 36.9 Å². The molecule has 0 saturated heterocycles. The van der Waals surface area contributed by atoms with Crippen molar-refractivity contribution < 1.29 is 13.5 Å². The smallest absolute Gasteiger partial charge is 0.200 e. The minimum Gasteiger partial charge on any atom is -0.486 e. The van der Waals surface area contributed by atoms with E-state index in [0.717, 1.165) is 25.7 Å². The van der Waals surface area contributed by atoms with Crippen LogP contribution in [-0.4, -0.2) is 6.61 Å². The zero-order chi connectivity index (χ0) is 15.2. The zero-order valence-corrected chi connectivity index (χ0v) is 12.4. The number of halogens is 2. The van der Waals surface area contributed by atoms with Gasteiger partial charge < -0.3 is 4.74 Å². The molecule has 114 valence electrons. The first-order valence-electron chi connectivity index (χ1n) is 7.51. The Hall–Kier alpha value is -1.64. The van der Waals surface area contributed by atoms with Gasteiger partial charge in [-0.1, -0.05) is 30.9 Å². The standard InChI is InChI=1S/C18H22F2O/c1-3-5-13-6-8-14(9-7-13)15-10-11-16(21-12-4-2)18(20)17(15)19/h3-5,10-11,13-14H,2,6-9,12H2,1H3/b5-3+. The van der Waals surface area contributed by atoms with Crippen LogP contribution >= 0.6 is 0 Å². The van der Waals surface area contributed by atoms with Gasteiger partial charge in [-0.25, -0.2) is 4.39 Å². The van der Waals surface area contributed by atoms with Crippen molar-refractivity contribution in [1.29, 1.82) is 0 Å². The van der Waals surface area contributed by atoms with Crippen molar-refractivity contribution in [2.75, 3.05) is 6.61 Å². The van der Waals surface area contributed by atoms with Gasteiger partial charge >= 0.3 is 0 Å². The Morgan fingerprint density at radius 1 is 1.19 bits per heavy atom. The van der Waals surface area contributed by atoms with Gasteiger partial charge in [-0.15, -0.1) is 0 Å². The van der Waals surface area contributed by atoms with Crippen LogP contribution in [0.2, 0.25) is 0 Å². The molecule has 1 aliphatic rings. The summed E-state index contributed by atoms with van der Waals surface area (Å²) >= 11 is 0. The van der Waals surface area contributed by atoms with E-state index in [2.05, 4.69) is 18.7 Å². The quantitative estimate of drug-likeness (QED) is 0.662. The van der Waals surface area contributed by atoms with Gasteiger partial charge in [0.1, 0.15) is 6.61 Å². The molecule has 1 aromatic rings. The number of ether oxygens (including phenoxy) is 1. The fraction of sp³-hybridized carbons (Fsp3) is 0.444. The third kappa shape index (κ3) is 3.72. The Kier molecular flexibility index (Phi) is 5.54. The summed E-state index contributed by atoms with van der Waals surface area (Å²) in [7, 11) is 0. The van der Waals surface area contributed by atoms with Crippen molar-refractivity contribution >= 4 is 0 Å². The lowest BCUT2D eigenvalue weighted by atomic mass is 9.78. The summed E-state index contributed by atoms with van der Waals surface area (Å²) in [5.41, 5.74) is 0.484. The Balaban J connectivity index is 2.11. The number of rotatable bonds is 5. The fourth-order valence-corrected chi connectivity index (χ4v) is 3.02. The SMILES string of the molecule is C=CCOc1ccc(C2CCC(/C=C/C)CC2)c(F)c1F. The van der Waals surface area contributed by atoms with Crippen LogP contribution in [0.3, 0.4) is 0 Å². The second-order valence-electron chi connectivity index (χ2n) is 5.52. The predicted octanol–water partition coefficient (Wildman–Crippen LogP) is 5.38. The highest BCUT2D eigenvalue weighted by Crippen LogP contribution is 2.38. The first-order chi connectivity index (χ1) is 10.2. The van der Waals surface area contributed by atoms with Crippen LogP contribution in [0.4, 0.5) is 8.78 Å². The lowest BCUT2D eigenvalue weighted by Crippen LogP contribution is -2.13. The molecule has 1 aliphatic carbocycles. The van der Waals surface area contributed by atoms with Crippen LogP contribution in [-0.2, 0) is 0 Å². The van der Waals surface area contributed by atoms with Crippen molar-refractivity contribution in [3.05, 3.63) is 54.1 Å². The van der Waals surface area contributed by atoms with Crippen LogP contribution in [0.5, 0.6) is 5.75 Å². The third-order valence-corrected chi connectivity index (χ3v) is 4.11. The Morgan fingerprint density at radius 2 is 1.90 bits per heavy atom. The van der Waals surface area contributed by atoms with E-state index in [9.17, 15) is 8.78 Å². The van der Waals surface area contributed by atoms with Crippen molar-refractivity contribution in [3.8, 4) is 5.75 Å². The van der Waals surface area contributed by atoms with E-state index in [1.54, 1.807) is 6.07 Å². The zero-order valence-electron chi connectivity index (χ0n) is 12.4.